The first kappa shape index (κ1) is 14.1. The van der Waals surface area contributed by atoms with Gasteiger partial charge in [0.15, 0.2) is 11.6 Å². The van der Waals surface area contributed by atoms with Crippen molar-refractivity contribution in [1.82, 2.24) is 0 Å². The molecule has 0 aromatic heterocycles. The van der Waals surface area contributed by atoms with Crippen LogP contribution in [0.5, 0.6) is 0 Å². The molecule has 102 valence electrons. The average Bonchev–Trinajstić information content (AvgIpc) is 2.83. The molecule has 0 spiro atoms. The first-order valence-corrected chi connectivity index (χ1v) is 10.1. The molecule has 0 saturated carbocycles. The number of anilines is 1. The molecule has 0 bridgehead atoms. The molecule has 1 fully saturated rings. The fraction of sp³-hybridized carbons (Fsp3) is 0.467. The summed E-state index contributed by atoms with van der Waals surface area (Å²) in [5.74, 6) is 1.22. The lowest BCUT2D eigenvalue weighted by Gasteiger charge is -2.18. The summed E-state index contributed by atoms with van der Waals surface area (Å²) >= 11 is 0. The van der Waals surface area contributed by atoms with Crippen molar-refractivity contribution < 1.29 is 8.78 Å². The van der Waals surface area contributed by atoms with Crippen molar-refractivity contribution >= 4 is 13.8 Å². The minimum Gasteiger partial charge on any atom is -0.369 e. The van der Waals surface area contributed by atoms with Gasteiger partial charge >= 0.3 is 0 Å². The average molecular weight is 279 g/mol. The number of nitrogens with zero attached hydrogens (tertiary/aromatic N) is 1. The molecule has 1 aromatic carbocycles. The maximum absolute atomic E-state index is 14.1. The van der Waals surface area contributed by atoms with Gasteiger partial charge in [-0.3, -0.25) is 0 Å². The third-order valence-corrected chi connectivity index (χ3v) is 3.96. The molecule has 0 N–H and O–H groups in total. The van der Waals surface area contributed by atoms with E-state index in [4.69, 9.17) is 0 Å². The Bertz CT molecular complexity index is 532. The molecule has 0 atom stereocenters. The zero-order chi connectivity index (χ0) is 14.0. The Labute approximate surface area is 114 Å². The summed E-state index contributed by atoms with van der Waals surface area (Å²) in [6, 6.07) is 3.25. The number of hydrogen-bond acceptors (Lipinski definition) is 1. The van der Waals surface area contributed by atoms with Gasteiger partial charge in [0.1, 0.15) is 8.07 Å². The fourth-order valence-electron chi connectivity index (χ4n) is 2.09. The Morgan fingerprint density at radius 1 is 1.05 bits per heavy atom. The summed E-state index contributed by atoms with van der Waals surface area (Å²) in [4.78, 5) is 1.90. The monoisotopic (exact) mass is 279 g/mol. The van der Waals surface area contributed by atoms with Gasteiger partial charge in [-0.1, -0.05) is 25.6 Å². The predicted octanol–water partition coefficient (Wildman–Crippen LogP) is 3.79. The van der Waals surface area contributed by atoms with Crippen LogP contribution < -0.4 is 4.90 Å². The number of halogens is 2. The molecular formula is C15H19F2NSi. The van der Waals surface area contributed by atoms with E-state index in [2.05, 4.69) is 31.1 Å². The van der Waals surface area contributed by atoms with Gasteiger partial charge in [0.25, 0.3) is 0 Å². The lowest BCUT2D eigenvalue weighted by molar-refractivity contribution is 0.505. The molecule has 1 aliphatic rings. The summed E-state index contributed by atoms with van der Waals surface area (Å²) in [6.45, 7) is 7.83. The van der Waals surface area contributed by atoms with Crippen molar-refractivity contribution in [2.45, 2.75) is 32.5 Å². The maximum Gasteiger partial charge on any atom is 0.183 e. The van der Waals surface area contributed by atoms with Crippen LogP contribution in [-0.4, -0.2) is 21.2 Å². The van der Waals surface area contributed by atoms with Gasteiger partial charge in [-0.2, -0.15) is 0 Å². The molecule has 0 radical (unpaired) electrons. The summed E-state index contributed by atoms with van der Waals surface area (Å²) in [5, 5.41) is 0. The van der Waals surface area contributed by atoms with E-state index in [1.807, 2.05) is 4.90 Å². The molecule has 0 aliphatic carbocycles. The normalized spacial score (nSPS) is 15.3. The van der Waals surface area contributed by atoms with Crippen LogP contribution in [-0.2, 0) is 0 Å². The highest BCUT2D eigenvalue weighted by Crippen LogP contribution is 2.26. The van der Waals surface area contributed by atoms with E-state index in [0.717, 1.165) is 25.9 Å². The van der Waals surface area contributed by atoms with Gasteiger partial charge < -0.3 is 4.90 Å². The molecule has 0 unspecified atom stereocenters. The highest BCUT2D eigenvalue weighted by Gasteiger charge is 2.20. The van der Waals surface area contributed by atoms with Crippen molar-refractivity contribution in [3.63, 3.8) is 0 Å². The van der Waals surface area contributed by atoms with Crippen LogP contribution in [0.1, 0.15) is 18.4 Å². The van der Waals surface area contributed by atoms with E-state index in [9.17, 15) is 8.78 Å². The molecule has 1 aromatic rings. The highest BCUT2D eigenvalue weighted by atomic mass is 28.3. The third kappa shape index (κ3) is 3.36. The Morgan fingerprint density at radius 2 is 1.68 bits per heavy atom. The van der Waals surface area contributed by atoms with Crippen molar-refractivity contribution in [3.05, 3.63) is 29.3 Å². The number of rotatable bonds is 1. The second kappa shape index (κ2) is 5.34. The van der Waals surface area contributed by atoms with Crippen LogP contribution in [0, 0.1) is 23.1 Å². The van der Waals surface area contributed by atoms with Crippen LogP contribution >= 0.6 is 0 Å². The maximum atomic E-state index is 14.1. The van der Waals surface area contributed by atoms with Crippen molar-refractivity contribution in [1.29, 1.82) is 0 Å². The Morgan fingerprint density at radius 3 is 2.26 bits per heavy atom. The highest BCUT2D eigenvalue weighted by molar-refractivity contribution is 6.83. The van der Waals surface area contributed by atoms with Gasteiger partial charge in [0.05, 0.1) is 11.3 Å². The zero-order valence-corrected chi connectivity index (χ0v) is 12.7. The summed E-state index contributed by atoms with van der Waals surface area (Å²) in [5.41, 5.74) is 3.60. The first-order chi connectivity index (χ1) is 8.88. The van der Waals surface area contributed by atoms with Crippen molar-refractivity contribution in [2.24, 2.45) is 0 Å². The molecule has 1 saturated heterocycles. The van der Waals surface area contributed by atoms with Crippen LogP contribution in [0.2, 0.25) is 19.6 Å². The topological polar surface area (TPSA) is 3.24 Å². The molecule has 4 heteroatoms. The van der Waals surface area contributed by atoms with Gasteiger partial charge in [-0.25, -0.2) is 8.78 Å². The Kier molecular flexibility index (Phi) is 3.95. The van der Waals surface area contributed by atoms with Gasteiger partial charge in [-0.15, -0.1) is 5.54 Å². The second-order valence-corrected chi connectivity index (χ2v) is 10.7. The van der Waals surface area contributed by atoms with Crippen molar-refractivity contribution in [3.8, 4) is 11.5 Å². The largest absolute Gasteiger partial charge is 0.369 e. The minimum atomic E-state index is -1.58. The first-order valence-electron chi connectivity index (χ1n) is 6.64. The van der Waals surface area contributed by atoms with E-state index in [1.54, 1.807) is 12.1 Å². The van der Waals surface area contributed by atoms with Crippen LogP contribution in [0.15, 0.2) is 12.1 Å². The second-order valence-electron chi connectivity index (χ2n) is 5.95. The SMILES string of the molecule is C[Si](C)(C)C#Cc1ccc(N2CCCC2)c(F)c1F. The molecule has 1 aliphatic heterocycles. The standard InChI is InChI=1S/C15H19F2NSi/c1-19(2,3)11-8-12-6-7-13(15(17)14(12)16)18-9-4-5-10-18/h6-7H,4-5,9-10H2,1-3H3. The Balaban J connectivity index is 2.33. The van der Waals surface area contributed by atoms with Gasteiger partial charge in [0, 0.05) is 13.1 Å². The molecule has 1 nitrogen and oxygen atoms in total. The van der Waals surface area contributed by atoms with E-state index in [-0.39, 0.29) is 5.56 Å². The number of benzene rings is 1. The smallest absolute Gasteiger partial charge is 0.183 e. The van der Waals surface area contributed by atoms with Crippen LogP contribution in [0.25, 0.3) is 0 Å². The van der Waals surface area contributed by atoms with E-state index in [1.165, 1.54) is 0 Å². The lowest BCUT2D eigenvalue weighted by Crippen LogP contribution is -2.20. The summed E-state index contributed by atoms with van der Waals surface area (Å²) in [7, 11) is -1.58. The predicted molar refractivity (Wildman–Crippen MR) is 78.0 cm³/mol. The van der Waals surface area contributed by atoms with Gasteiger partial charge in [-0.05, 0) is 25.0 Å². The Hall–Kier alpha value is -1.34. The summed E-state index contributed by atoms with van der Waals surface area (Å²) in [6.07, 6.45) is 2.08. The van der Waals surface area contributed by atoms with E-state index >= 15 is 0 Å². The van der Waals surface area contributed by atoms with Crippen LogP contribution in [0.3, 0.4) is 0 Å². The molecule has 19 heavy (non-hydrogen) atoms. The molecule has 2 rings (SSSR count). The van der Waals surface area contributed by atoms with E-state index in [0.29, 0.717) is 5.69 Å². The molecule has 0 amide bonds. The zero-order valence-electron chi connectivity index (χ0n) is 11.7. The van der Waals surface area contributed by atoms with E-state index < -0.39 is 19.7 Å². The number of hydrogen-bond donors (Lipinski definition) is 0. The quantitative estimate of drug-likeness (QED) is 0.558. The fourth-order valence-corrected chi connectivity index (χ4v) is 2.60. The molecule has 1 heterocycles. The lowest BCUT2D eigenvalue weighted by atomic mass is 10.2. The summed E-state index contributed by atoms with van der Waals surface area (Å²) < 4.78 is 28.1. The third-order valence-electron chi connectivity index (χ3n) is 3.08. The van der Waals surface area contributed by atoms with Crippen molar-refractivity contribution in [2.75, 3.05) is 18.0 Å². The molecular weight excluding hydrogens is 260 g/mol. The van der Waals surface area contributed by atoms with Gasteiger partial charge in [0.2, 0.25) is 0 Å². The van der Waals surface area contributed by atoms with Crippen LogP contribution in [0.4, 0.5) is 14.5 Å². The minimum absolute atomic E-state index is 0.169.